The van der Waals surface area contributed by atoms with Crippen LogP contribution < -0.4 is 5.32 Å². The van der Waals surface area contributed by atoms with Crippen LogP contribution >= 0.6 is 11.6 Å². The van der Waals surface area contributed by atoms with E-state index in [0.717, 1.165) is 43.9 Å². The Hall–Kier alpha value is -1.29. The van der Waals surface area contributed by atoms with Crippen LogP contribution in [-0.4, -0.2) is 28.9 Å². The van der Waals surface area contributed by atoms with Crippen LogP contribution in [0, 0.1) is 5.92 Å². The van der Waals surface area contributed by atoms with Gasteiger partial charge in [-0.15, -0.1) is 0 Å². The van der Waals surface area contributed by atoms with E-state index in [2.05, 4.69) is 24.1 Å². The fraction of sp³-hybridized carbons (Fsp3) is 0.625. The number of carbonyl (C=O) groups excluding carboxylic acids is 1. The van der Waals surface area contributed by atoms with E-state index < -0.39 is 0 Å². The molecular weight excluding hydrogens is 286 g/mol. The van der Waals surface area contributed by atoms with Gasteiger partial charge in [-0.2, -0.15) is 0 Å². The molecule has 1 aromatic heterocycles. The Kier molecular flexibility index (Phi) is 5.85. The molecule has 1 unspecified atom stereocenters. The number of pyridine rings is 1. The molecule has 0 saturated carbocycles. The zero-order valence-corrected chi connectivity index (χ0v) is 13.6. The smallest absolute Gasteiger partial charge is 0.222 e. The third-order valence-electron chi connectivity index (χ3n) is 3.91. The van der Waals surface area contributed by atoms with Gasteiger partial charge in [0, 0.05) is 19.5 Å². The number of carbonyl (C=O) groups is 1. The number of anilines is 1. The number of hydrogen-bond donors (Lipinski definition) is 1. The van der Waals surface area contributed by atoms with Crippen LogP contribution in [-0.2, 0) is 11.3 Å². The van der Waals surface area contributed by atoms with Crippen molar-refractivity contribution in [2.45, 2.75) is 46.1 Å². The van der Waals surface area contributed by atoms with Gasteiger partial charge in [0.2, 0.25) is 5.91 Å². The van der Waals surface area contributed by atoms with Crippen molar-refractivity contribution in [2.24, 2.45) is 5.92 Å². The van der Waals surface area contributed by atoms with Gasteiger partial charge in [0.05, 0.1) is 17.3 Å². The number of halogens is 1. The maximum atomic E-state index is 12.2. The SMILES string of the molecule is CCCNc1ccc(Cl)c(CN2CCC(C)CCC2=O)n1. The highest BCUT2D eigenvalue weighted by Gasteiger charge is 2.21. The Morgan fingerprint density at radius 2 is 2.24 bits per heavy atom. The number of hydrogen-bond acceptors (Lipinski definition) is 3. The van der Waals surface area contributed by atoms with Crippen molar-refractivity contribution < 1.29 is 4.79 Å². The molecule has 21 heavy (non-hydrogen) atoms. The Balaban J connectivity index is 2.08. The van der Waals surface area contributed by atoms with E-state index in [0.29, 0.717) is 23.9 Å². The summed E-state index contributed by atoms with van der Waals surface area (Å²) in [5.74, 6) is 1.65. The van der Waals surface area contributed by atoms with E-state index >= 15 is 0 Å². The van der Waals surface area contributed by atoms with E-state index in [9.17, 15) is 4.79 Å². The van der Waals surface area contributed by atoms with Crippen molar-refractivity contribution in [1.82, 2.24) is 9.88 Å². The molecule has 4 nitrogen and oxygen atoms in total. The lowest BCUT2D eigenvalue weighted by Crippen LogP contribution is -2.30. The summed E-state index contributed by atoms with van der Waals surface area (Å²) in [6.07, 6.45) is 3.71. The van der Waals surface area contributed by atoms with Crippen LogP contribution in [0.4, 0.5) is 5.82 Å². The molecule has 1 saturated heterocycles. The summed E-state index contributed by atoms with van der Waals surface area (Å²) >= 11 is 6.24. The van der Waals surface area contributed by atoms with E-state index in [-0.39, 0.29) is 5.91 Å². The fourth-order valence-electron chi connectivity index (χ4n) is 2.47. The number of nitrogens with zero attached hydrogens (tertiary/aromatic N) is 2. The van der Waals surface area contributed by atoms with Gasteiger partial charge in [0.15, 0.2) is 0 Å². The minimum Gasteiger partial charge on any atom is -0.370 e. The summed E-state index contributed by atoms with van der Waals surface area (Å²) in [7, 11) is 0. The number of rotatable bonds is 5. The molecule has 1 atom stereocenters. The second kappa shape index (κ2) is 7.64. The Morgan fingerprint density at radius 1 is 1.43 bits per heavy atom. The standard InChI is InChI=1S/C16H24ClN3O/c1-3-9-18-15-6-5-13(17)14(19-15)11-20-10-8-12(2)4-7-16(20)21/h5-6,12H,3-4,7-11H2,1-2H3,(H,18,19). The van der Waals surface area contributed by atoms with Gasteiger partial charge in [-0.3, -0.25) is 4.79 Å². The minimum atomic E-state index is 0.212. The molecule has 0 aliphatic carbocycles. The second-order valence-corrected chi connectivity index (χ2v) is 6.21. The van der Waals surface area contributed by atoms with Crippen molar-refractivity contribution in [3.8, 4) is 0 Å². The molecule has 5 heteroatoms. The molecule has 0 aromatic carbocycles. The van der Waals surface area contributed by atoms with Gasteiger partial charge in [-0.05, 0) is 37.3 Å². The first-order valence-electron chi connectivity index (χ1n) is 7.77. The summed E-state index contributed by atoms with van der Waals surface area (Å²) in [6.45, 7) is 6.50. The molecule has 1 aliphatic heterocycles. The quantitative estimate of drug-likeness (QED) is 0.902. The highest BCUT2D eigenvalue weighted by Crippen LogP contribution is 2.22. The van der Waals surface area contributed by atoms with Crippen molar-refractivity contribution >= 4 is 23.3 Å². The maximum absolute atomic E-state index is 12.2. The van der Waals surface area contributed by atoms with Crippen LogP contribution in [0.15, 0.2) is 12.1 Å². The number of amides is 1. The van der Waals surface area contributed by atoms with E-state index in [1.54, 1.807) is 0 Å². The number of nitrogens with one attached hydrogen (secondary N) is 1. The summed E-state index contributed by atoms with van der Waals surface area (Å²) in [4.78, 5) is 18.6. The molecule has 0 radical (unpaired) electrons. The van der Waals surface area contributed by atoms with Crippen molar-refractivity contribution in [3.63, 3.8) is 0 Å². The van der Waals surface area contributed by atoms with E-state index in [1.807, 2.05) is 17.0 Å². The highest BCUT2D eigenvalue weighted by molar-refractivity contribution is 6.31. The third kappa shape index (κ3) is 4.60. The zero-order valence-electron chi connectivity index (χ0n) is 12.9. The number of likely N-dealkylation sites (tertiary alicyclic amines) is 1. The monoisotopic (exact) mass is 309 g/mol. The molecule has 2 rings (SSSR count). The van der Waals surface area contributed by atoms with Crippen LogP contribution in [0.3, 0.4) is 0 Å². The normalized spacial score (nSPS) is 19.5. The first kappa shape index (κ1) is 16.1. The Bertz CT molecular complexity index is 492. The average Bonchev–Trinajstić information content (AvgIpc) is 2.63. The maximum Gasteiger partial charge on any atom is 0.222 e. The highest BCUT2D eigenvalue weighted by atomic mass is 35.5. The number of aromatic nitrogens is 1. The lowest BCUT2D eigenvalue weighted by atomic mass is 10.0. The Morgan fingerprint density at radius 3 is 3.00 bits per heavy atom. The van der Waals surface area contributed by atoms with Gasteiger partial charge in [-0.1, -0.05) is 25.4 Å². The van der Waals surface area contributed by atoms with E-state index in [4.69, 9.17) is 11.6 Å². The summed E-state index contributed by atoms with van der Waals surface area (Å²) < 4.78 is 0. The lowest BCUT2D eigenvalue weighted by Gasteiger charge is -2.21. The topological polar surface area (TPSA) is 45.2 Å². The molecule has 1 N–H and O–H groups in total. The largest absolute Gasteiger partial charge is 0.370 e. The fourth-order valence-corrected chi connectivity index (χ4v) is 2.63. The van der Waals surface area contributed by atoms with Crippen molar-refractivity contribution in [2.75, 3.05) is 18.4 Å². The van der Waals surface area contributed by atoms with Crippen molar-refractivity contribution in [1.29, 1.82) is 0 Å². The molecule has 1 aliphatic rings. The van der Waals surface area contributed by atoms with Crippen molar-refractivity contribution in [3.05, 3.63) is 22.8 Å². The summed E-state index contributed by atoms with van der Waals surface area (Å²) in [5, 5.41) is 3.88. The third-order valence-corrected chi connectivity index (χ3v) is 4.26. The first-order chi connectivity index (χ1) is 10.1. The van der Waals surface area contributed by atoms with Gasteiger partial charge in [0.25, 0.3) is 0 Å². The summed E-state index contributed by atoms with van der Waals surface area (Å²) in [6, 6.07) is 3.74. The molecule has 0 bridgehead atoms. The van der Waals surface area contributed by atoms with Crippen LogP contribution in [0.25, 0.3) is 0 Å². The second-order valence-electron chi connectivity index (χ2n) is 5.80. The van der Waals surface area contributed by atoms with E-state index in [1.165, 1.54) is 0 Å². The minimum absolute atomic E-state index is 0.212. The first-order valence-corrected chi connectivity index (χ1v) is 8.15. The molecule has 2 heterocycles. The molecule has 1 amide bonds. The van der Waals surface area contributed by atoms with Gasteiger partial charge in [0.1, 0.15) is 5.82 Å². The summed E-state index contributed by atoms with van der Waals surface area (Å²) in [5.41, 5.74) is 0.778. The molecule has 116 valence electrons. The average molecular weight is 310 g/mol. The van der Waals surface area contributed by atoms with Gasteiger partial charge < -0.3 is 10.2 Å². The van der Waals surface area contributed by atoms with Gasteiger partial charge in [-0.25, -0.2) is 4.98 Å². The predicted octanol–water partition coefficient (Wildman–Crippen LogP) is 3.71. The van der Waals surface area contributed by atoms with Gasteiger partial charge >= 0.3 is 0 Å². The molecular formula is C16H24ClN3O. The molecule has 1 aromatic rings. The predicted molar refractivity (Wildman–Crippen MR) is 86.5 cm³/mol. The van der Waals surface area contributed by atoms with Crippen LogP contribution in [0.1, 0.15) is 45.2 Å². The van der Waals surface area contributed by atoms with Crippen LogP contribution in [0.5, 0.6) is 0 Å². The zero-order chi connectivity index (χ0) is 15.2. The van der Waals surface area contributed by atoms with Crippen LogP contribution in [0.2, 0.25) is 5.02 Å². The Labute approximate surface area is 131 Å². The molecule has 0 spiro atoms. The lowest BCUT2D eigenvalue weighted by molar-refractivity contribution is -0.131. The molecule has 1 fully saturated rings.